The number of carbonyl (C=O) groups excluding carboxylic acids is 1. The van der Waals surface area contributed by atoms with Gasteiger partial charge in [0.15, 0.2) is 0 Å². The maximum atomic E-state index is 12.1. The molecule has 0 spiro atoms. The van der Waals surface area contributed by atoms with Crippen LogP contribution in [0, 0.1) is 6.92 Å². The first-order chi connectivity index (χ1) is 8.58. The van der Waals surface area contributed by atoms with Gasteiger partial charge in [0.05, 0.1) is 10.4 Å². The van der Waals surface area contributed by atoms with Crippen molar-refractivity contribution >= 4 is 28.8 Å². The van der Waals surface area contributed by atoms with Crippen molar-refractivity contribution in [1.29, 1.82) is 0 Å². The number of aryl methyl sites for hydroxylation is 1. The number of hydrogen-bond acceptors (Lipinski definition) is 2. The molecular weight excluding hydrogens is 266 g/mol. The fourth-order valence-corrected chi connectivity index (χ4v) is 2.80. The van der Waals surface area contributed by atoms with Crippen molar-refractivity contribution in [2.24, 2.45) is 0 Å². The minimum absolute atomic E-state index is 0.0328. The molecule has 2 rings (SSSR count). The largest absolute Gasteiger partial charge is 0.345 e. The Morgan fingerprint density at radius 2 is 2.00 bits per heavy atom. The average molecular weight is 280 g/mol. The van der Waals surface area contributed by atoms with Crippen LogP contribution in [-0.2, 0) is 0 Å². The van der Waals surface area contributed by atoms with Crippen LogP contribution in [0.3, 0.4) is 0 Å². The molecule has 0 saturated carbocycles. The highest BCUT2D eigenvalue weighted by atomic mass is 35.5. The summed E-state index contributed by atoms with van der Waals surface area (Å²) < 4.78 is 0.738. The smallest absolute Gasteiger partial charge is 0.252 e. The van der Waals surface area contributed by atoms with Gasteiger partial charge in [0.2, 0.25) is 0 Å². The average Bonchev–Trinajstić information content (AvgIpc) is 2.76. The summed E-state index contributed by atoms with van der Waals surface area (Å²) in [5.74, 6) is -0.0508. The Bertz CT molecular complexity index is 564. The van der Waals surface area contributed by atoms with Gasteiger partial charge in [-0.25, -0.2) is 0 Å². The molecule has 1 atom stereocenters. The number of rotatable bonds is 3. The van der Waals surface area contributed by atoms with Crippen LogP contribution < -0.4 is 5.32 Å². The van der Waals surface area contributed by atoms with E-state index in [-0.39, 0.29) is 11.9 Å². The molecule has 2 nitrogen and oxygen atoms in total. The van der Waals surface area contributed by atoms with Crippen molar-refractivity contribution < 1.29 is 4.79 Å². The third-order valence-corrected chi connectivity index (χ3v) is 4.17. The monoisotopic (exact) mass is 279 g/mol. The van der Waals surface area contributed by atoms with Crippen LogP contribution in [0.1, 0.15) is 33.8 Å². The number of halogens is 1. The van der Waals surface area contributed by atoms with Crippen LogP contribution in [0.5, 0.6) is 0 Å². The topological polar surface area (TPSA) is 29.1 Å². The first-order valence-electron chi connectivity index (χ1n) is 5.69. The van der Waals surface area contributed by atoms with E-state index in [1.165, 1.54) is 11.3 Å². The molecule has 18 heavy (non-hydrogen) atoms. The number of nitrogens with one attached hydrogen (secondary N) is 1. The highest BCUT2D eigenvalue weighted by molar-refractivity contribution is 7.16. The maximum Gasteiger partial charge on any atom is 0.252 e. The van der Waals surface area contributed by atoms with Crippen LogP contribution in [0.25, 0.3) is 0 Å². The Morgan fingerprint density at radius 1 is 1.28 bits per heavy atom. The summed E-state index contributed by atoms with van der Waals surface area (Å²) in [5, 5.41) is 2.98. The highest BCUT2D eigenvalue weighted by Crippen LogP contribution is 2.26. The lowest BCUT2D eigenvalue weighted by Crippen LogP contribution is -2.26. The Labute approximate surface area is 116 Å². The van der Waals surface area contributed by atoms with Gasteiger partial charge in [-0.1, -0.05) is 29.8 Å². The fourth-order valence-electron chi connectivity index (χ4n) is 1.73. The number of thiophene rings is 1. The highest BCUT2D eigenvalue weighted by Gasteiger charge is 2.14. The van der Waals surface area contributed by atoms with Crippen LogP contribution >= 0.6 is 22.9 Å². The molecule has 0 aliphatic carbocycles. The normalized spacial score (nSPS) is 12.2. The van der Waals surface area contributed by atoms with E-state index in [0.29, 0.717) is 5.56 Å². The predicted molar refractivity (Wildman–Crippen MR) is 76.4 cm³/mol. The molecule has 0 saturated heterocycles. The molecule has 0 fully saturated rings. The summed E-state index contributed by atoms with van der Waals surface area (Å²) in [6, 6.07) is 11.3. The molecule has 94 valence electrons. The Morgan fingerprint density at radius 3 is 2.61 bits per heavy atom. The number of amides is 1. The van der Waals surface area contributed by atoms with E-state index < -0.39 is 0 Å². The molecule has 1 aromatic carbocycles. The zero-order chi connectivity index (χ0) is 13.1. The summed E-state index contributed by atoms with van der Waals surface area (Å²) in [7, 11) is 0. The number of carbonyl (C=O) groups is 1. The number of hydrogen-bond donors (Lipinski definition) is 1. The second-order valence-corrected chi connectivity index (χ2v) is 5.90. The third kappa shape index (κ3) is 2.92. The zero-order valence-electron chi connectivity index (χ0n) is 10.2. The van der Waals surface area contributed by atoms with Crippen LogP contribution in [0.4, 0.5) is 0 Å². The van der Waals surface area contributed by atoms with E-state index in [0.717, 1.165) is 14.8 Å². The molecule has 0 unspecified atom stereocenters. The van der Waals surface area contributed by atoms with Crippen LogP contribution in [0.2, 0.25) is 4.34 Å². The SMILES string of the molecule is Cc1ccccc1C(=O)N[C@H](C)c1ccc(Cl)s1. The predicted octanol–water partition coefficient (Wildman–Crippen LogP) is 4.20. The van der Waals surface area contributed by atoms with Gasteiger partial charge in [-0.3, -0.25) is 4.79 Å². The molecule has 1 amide bonds. The van der Waals surface area contributed by atoms with Crippen molar-refractivity contribution in [3.8, 4) is 0 Å². The lowest BCUT2D eigenvalue weighted by atomic mass is 10.1. The van der Waals surface area contributed by atoms with Gasteiger partial charge < -0.3 is 5.32 Å². The van der Waals surface area contributed by atoms with E-state index >= 15 is 0 Å². The van der Waals surface area contributed by atoms with Crippen molar-refractivity contribution in [2.75, 3.05) is 0 Å². The summed E-state index contributed by atoms with van der Waals surface area (Å²) in [6.07, 6.45) is 0. The fraction of sp³-hybridized carbons (Fsp3) is 0.214. The lowest BCUT2D eigenvalue weighted by Gasteiger charge is -2.13. The van der Waals surface area contributed by atoms with Gasteiger partial charge in [-0.05, 0) is 37.6 Å². The Balaban J connectivity index is 2.10. The van der Waals surface area contributed by atoms with Crippen molar-refractivity contribution in [2.45, 2.75) is 19.9 Å². The molecule has 0 bridgehead atoms. The van der Waals surface area contributed by atoms with Crippen LogP contribution in [0.15, 0.2) is 36.4 Å². The maximum absolute atomic E-state index is 12.1. The van der Waals surface area contributed by atoms with E-state index in [1.807, 2.05) is 50.2 Å². The van der Waals surface area contributed by atoms with Gasteiger partial charge in [0.25, 0.3) is 5.91 Å². The second-order valence-electron chi connectivity index (χ2n) is 4.15. The lowest BCUT2D eigenvalue weighted by molar-refractivity contribution is 0.0940. The summed E-state index contributed by atoms with van der Waals surface area (Å²) >= 11 is 7.38. The molecule has 2 aromatic rings. The van der Waals surface area contributed by atoms with Crippen molar-refractivity contribution in [1.82, 2.24) is 5.32 Å². The van der Waals surface area contributed by atoms with Crippen molar-refractivity contribution in [3.63, 3.8) is 0 Å². The molecule has 1 aromatic heterocycles. The minimum atomic E-state index is -0.0508. The molecule has 0 aliphatic rings. The summed E-state index contributed by atoms with van der Waals surface area (Å²) in [4.78, 5) is 13.2. The Kier molecular flexibility index (Phi) is 4.04. The quantitative estimate of drug-likeness (QED) is 0.896. The van der Waals surface area contributed by atoms with Crippen molar-refractivity contribution in [3.05, 3.63) is 56.7 Å². The van der Waals surface area contributed by atoms with Gasteiger partial charge >= 0.3 is 0 Å². The molecule has 4 heteroatoms. The van der Waals surface area contributed by atoms with Gasteiger partial charge in [0, 0.05) is 10.4 Å². The Hall–Kier alpha value is -1.32. The third-order valence-electron chi connectivity index (χ3n) is 2.76. The second kappa shape index (κ2) is 5.55. The minimum Gasteiger partial charge on any atom is -0.345 e. The van der Waals surface area contributed by atoms with E-state index in [2.05, 4.69) is 5.32 Å². The standard InChI is InChI=1S/C14H14ClNOS/c1-9-5-3-4-6-11(9)14(17)16-10(2)12-7-8-13(15)18-12/h3-8,10H,1-2H3,(H,16,17)/t10-/m1/s1. The van der Waals surface area contributed by atoms with E-state index in [4.69, 9.17) is 11.6 Å². The first-order valence-corrected chi connectivity index (χ1v) is 6.89. The van der Waals surface area contributed by atoms with E-state index in [9.17, 15) is 4.79 Å². The van der Waals surface area contributed by atoms with Crippen LogP contribution in [-0.4, -0.2) is 5.91 Å². The summed E-state index contributed by atoms with van der Waals surface area (Å²) in [5.41, 5.74) is 1.69. The molecule has 0 aliphatic heterocycles. The molecule has 0 radical (unpaired) electrons. The molecule has 1 N–H and O–H groups in total. The zero-order valence-corrected chi connectivity index (χ0v) is 11.8. The summed E-state index contributed by atoms with van der Waals surface area (Å²) in [6.45, 7) is 3.89. The van der Waals surface area contributed by atoms with Gasteiger partial charge in [-0.2, -0.15) is 0 Å². The number of benzene rings is 1. The first kappa shape index (κ1) is 13.1. The van der Waals surface area contributed by atoms with Gasteiger partial charge in [-0.15, -0.1) is 11.3 Å². The molecular formula is C14H14ClNOS. The molecule has 1 heterocycles. The van der Waals surface area contributed by atoms with Gasteiger partial charge in [0.1, 0.15) is 0 Å². The van der Waals surface area contributed by atoms with E-state index in [1.54, 1.807) is 0 Å².